The van der Waals surface area contributed by atoms with E-state index in [-0.39, 0.29) is 19.6 Å². The molecular weight excluding hydrogens is 380 g/mol. The number of aliphatic hydroxyl groups is 2. The van der Waals surface area contributed by atoms with Gasteiger partial charge in [0, 0.05) is 6.54 Å². The number of nitrogens with one attached hydrogen (secondary N) is 2. The molecule has 1 heterocycles. The van der Waals surface area contributed by atoms with Crippen molar-refractivity contribution in [1.82, 2.24) is 15.5 Å². The first-order chi connectivity index (χ1) is 13.7. The van der Waals surface area contributed by atoms with E-state index in [4.69, 9.17) is 10.5 Å². The van der Waals surface area contributed by atoms with Crippen LogP contribution in [0.5, 0.6) is 5.75 Å². The van der Waals surface area contributed by atoms with Gasteiger partial charge >= 0.3 is 0 Å². The van der Waals surface area contributed by atoms with Crippen LogP contribution in [0.4, 0.5) is 0 Å². The molecule has 0 radical (unpaired) electrons. The van der Waals surface area contributed by atoms with Gasteiger partial charge in [-0.05, 0) is 31.0 Å². The lowest BCUT2D eigenvalue weighted by Gasteiger charge is -2.26. The molecule has 2 rings (SSSR count). The minimum atomic E-state index is -1.10. The summed E-state index contributed by atoms with van der Waals surface area (Å²) in [6.45, 7) is 0.849. The van der Waals surface area contributed by atoms with Crippen molar-refractivity contribution >= 4 is 17.7 Å². The summed E-state index contributed by atoms with van der Waals surface area (Å²) in [4.78, 5) is 37.1. The third-order valence-corrected chi connectivity index (χ3v) is 4.77. The number of aliphatic hydroxyl groups excluding tert-OH is 2. The fourth-order valence-electron chi connectivity index (χ4n) is 3.07. The summed E-state index contributed by atoms with van der Waals surface area (Å²) in [5, 5.41) is 25.1. The van der Waals surface area contributed by atoms with Crippen LogP contribution in [0.2, 0.25) is 0 Å². The molecule has 1 aromatic rings. The van der Waals surface area contributed by atoms with Gasteiger partial charge in [-0.2, -0.15) is 0 Å². The summed E-state index contributed by atoms with van der Waals surface area (Å²) >= 11 is 0. The normalized spacial score (nSPS) is 22.1. The van der Waals surface area contributed by atoms with E-state index in [0.29, 0.717) is 12.2 Å². The van der Waals surface area contributed by atoms with E-state index in [1.165, 1.54) is 11.8 Å². The molecule has 1 saturated heterocycles. The number of hydrogen-bond donors (Lipinski definition) is 5. The van der Waals surface area contributed by atoms with Crippen LogP contribution in [0.25, 0.3) is 0 Å². The van der Waals surface area contributed by atoms with Gasteiger partial charge in [-0.1, -0.05) is 12.1 Å². The second-order valence-corrected chi connectivity index (χ2v) is 7.01. The predicted molar refractivity (Wildman–Crippen MR) is 104 cm³/mol. The van der Waals surface area contributed by atoms with E-state index in [0.717, 1.165) is 5.56 Å². The van der Waals surface area contributed by atoms with E-state index < -0.39 is 42.0 Å². The zero-order valence-corrected chi connectivity index (χ0v) is 16.5. The first-order valence-corrected chi connectivity index (χ1v) is 9.31. The highest BCUT2D eigenvalue weighted by atomic mass is 16.5. The Balaban J connectivity index is 1.92. The monoisotopic (exact) mass is 408 g/mol. The van der Waals surface area contributed by atoms with E-state index in [2.05, 4.69) is 10.6 Å². The standard InChI is InChI=1S/C19H28N4O6/c1-11(20)19(28)22-8-16(25)21-9-17(26)23-10-15(24)18(27)14(23)7-12-3-5-13(29-2)6-4-12/h3-6,11,14-15,18,24,27H,7-10,20H2,1-2H3,(H,21,25)(H,22,28)/t11?,14-,15+,18+/m1/s1. The van der Waals surface area contributed by atoms with Gasteiger partial charge in [0.05, 0.1) is 38.4 Å². The van der Waals surface area contributed by atoms with Crippen LogP contribution in [0.1, 0.15) is 12.5 Å². The number of ether oxygens (including phenoxy) is 1. The smallest absolute Gasteiger partial charge is 0.242 e. The van der Waals surface area contributed by atoms with Crippen molar-refractivity contribution in [2.75, 3.05) is 26.7 Å². The fourth-order valence-corrected chi connectivity index (χ4v) is 3.07. The number of rotatable bonds is 8. The number of carbonyl (C=O) groups is 3. The average molecular weight is 408 g/mol. The Labute approximate surface area is 169 Å². The van der Waals surface area contributed by atoms with Crippen molar-refractivity contribution in [3.05, 3.63) is 29.8 Å². The average Bonchev–Trinajstić information content (AvgIpc) is 2.99. The topological polar surface area (TPSA) is 154 Å². The second kappa shape index (κ2) is 10.2. The van der Waals surface area contributed by atoms with E-state index in [1.54, 1.807) is 19.2 Å². The van der Waals surface area contributed by atoms with E-state index in [1.807, 2.05) is 12.1 Å². The number of methoxy groups -OCH3 is 1. The molecule has 1 fully saturated rings. The van der Waals surface area contributed by atoms with Crippen LogP contribution in [0, 0.1) is 0 Å². The van der Waals surface area contributed by atoms with Crippen molar-refractivity contribution < 1.29 is 29.3 Å². The molecule has 0 spiro atoms. The Morgan fingerprint density at radius 2 is 1.86 bits per heavy atom. The number of benzene rings is 1. The van der Waals surface area contributed by atoms with Crippen LogP contribution in [0.3, 0.4) is 0 Å². The largest absolute Gasteiger partial charge is 0.497 e. The highest BCUT2D eigenvalue weighted by molar-refractivity contribution is 5.89. The van der Waals surface area contributed by atoms with Crippen LogP contribution in [-0.2, 0) is 20.8 Å². The molecule has 10 nitrogen and oxygen atoms in total. The number of nitrogens with two attached hydrogens (primary N) is 1. The second-order valence-electron chi connectivity index (χ2n) is 7.01. The van der Waals surface area contributed by atoms with Gasteiger partial charge in [0.25, 0.3) is 0 Å². The summed E-state index contributed by atoms with van der Waals surface area (Å²) in [6.07, 6.45) is -1.82. The highest BCUT2D eigenvalue weighted by Crippen LogP contribution is 2.23. The molecule has 0 aliphatic carbocycles. The number of carbonyl (C=O) groups excluding carboxylic acids is 3. The molecule has 1 aliphatic rings. The number of likely N-dealkylation sites (tertiary alicyclic amines) is 1. The third-order valence-electron chi connectivity index (χ3n) is 4.77. The zero-order chi connectivity index (χ0) is 21.6. The first kappa shape index (κ1) is 22.6. The summed E-state index contributed by atoms with van der Waals surface area (Å²) in [5.41, 5.74) is 6.25. The van der Waals surface area contributed by atoms with Crippen LogP contribution in [0.15, 0.2) is 24.3 Å². The van der Waals surface area contributed by atoms with Crippen LogP contribution in [-0.4, -0.2) is 83.9 Å². The summed E-state index contributed by atoms with van der Waals surface area (Å²) in [6, 6.07) is 5.83. The van der Waals surface area contributed by atoms with Gasteiger partial charge < -0.3 is 36.2 Å². The Bertz CT molecular complexity index is 724. The number of β-amino-alcohol motifs (C(OH)–C–C–N with tert-alkyl or cyclic N) is 1. The minimum absolute atomic E-state index is 0.0296. The molecule has 29 heavy (non-hydrogen) atoms. The molecule has 10 heteroatoms. The third kappa shape index (κ3) is 6.14. The molecule has 160 valence electrons. The summed E-state index contributed by atoms with van der Waals surface area (Å²) in [5.74, 6) is -0.769. The molecule has 0 saturated carbocycles. The maximum absolute atomic E-state index is 12.5. The molecule has 3 amide bonds. The summed E-state index contributed by atoms with van der Waals surface area (Å²) < 4.78 is 5.11. The fraction of sp³-hybridized carbons (Fsp3) is 0.526. The van der Waals surface area contributed by atoms with Gasteiger partial charge in [-0.25, -0.2) is 0 Å². The molecule has 1 aliphatic heterocycles. The molecule has 0 aromatic heterocycles. The van der Waals surface area contributed by atoms with E-state index in [9.17, 15) is 24.6 Å². The van der Waals surface area contributed by atoms with Crippen LogP contribution >= 0.6 is 0 Å². The maximum atomic E-state index is 12.5. The lowest BCUT2D eigenvalue weighted by molar-refractivity contribution is -0.134. The Morgan fingerprint density at radius 3 is 2.45 bits per heavy atom. The van der Waals surface area contributed by atoms with Gasteiger partial charge in [-0.3, -0.25) is 14.4 Å². The highest BCUT2D eigenvalue weighted by Gasteiger charge is 2.42. The lowest BCUT2D eigenvalue weighted by Crippen LogP contribution is -2.48. The zero-order valence-electron chi connectivity index (χ0n) is 16.5. The number of hydrogen-bond acceptors (Lipinski definition) is 7. The molecule has 0 bridgehead atoms. The van der Waals surface area contributed by atoms with Gasteiger partial charge in [0.15, 0.2) is 0 Å². The van der Waals surface area contributed by atoms with Gasteiger partial charge in [0.1, 0.15) is 11.9 Å². The van der Waals surface area contributed by atoms with Crippen molar-refractivity contribution in [1.29, 1.82) is 0 Å². The molecular formula is C19H28N4O6. The van der Waals surface area contributed by atoms with E-state index >= 15 is 0 Å². The van der Waals surface area contributed by atoms with Gasteiger partial charge in [0.2, 0.25) is 17.7 Å². The van der Waals surface area contributed by atoms with Crippen molar-refractivity contribution in [2.24, 2.45) is 5.73 Å². The Kier molecular flexibility index (Phi) is 7.94. The first-order valence-electron chi connectivity index (χ1n) is 9.31. The molecule has 4 atom stereocenters. The van der Waals surface area contributed by atoms with Crippen molar-refractivity contribution in [3.8, 4) is 5.75 Å². The van der Waals surface area contributed by atoms with Gasteiger partial charge in [-0.15, -0.1) is 0 Å². The van der Waals surface area contributed by atoms with Crippen LogP contribution < -0.4 is 21.1 Å². The number of amides is 3. The SMILES string of the molecule is COc1ccc(C[C@@H]2[C@H](O)[C@@H](O)CN2C(=O)CNC(=O)CNC(=O)C(C)N)cc1. The van der Waals surface area contributed by atoms with Crippen molar-refractivity contribution in [2.45, 2.75) is 37.6 Å². The predicted octanol–water partition coefficient (Wildman–Crippen LogP) is -2.25. The quantitative estimate of drug-likeness (QED) is 0.325. The lowest BCUT2D eigenvalue weighted by atomic mass is 10.0. The van der Waals surface area contributed by atoms with Crippen molar-refractivity contribution in [3.63, 3.8) is 0 Å². The molecule has 6 N–H and O–H groups in total. The molecule has 1 unspecified atom stereocenters. The Morgan fingerprint density at radius 1 is 1.21 bits per heavy atom. The maximum Gasteiger partial charge on any atom is 0.242 e. The summed E-state index contributed by atoms with van der Waals surface area (Å²) in [7, 11) is 1.56. The number of nitrogens with zero attached hydrogens (tertiary/aromatic N) is 1. The minimum Gasteiger partial charge on any atom is -0.497 e. The molecule has 1 aromatic carbocycles. The Hall–Kier alpha value is -2.69.